The molecule has 0 aliphatic rings. The molecule has 0 aliphatic carbocycles. The van der Waals surface area contributed by atoms with Gasteiger partial charge in [0.2, 0.25) is 0 Å². The molecule has 0 heterocycles. The number of benzene rings is 1. The summed E-state index contributed by atoms with van der Waals surface area (Å²) in [5.41, 5.74) is 1.08. The number of halogens is 1. The number of carbonyl (C=O) groups excluding carboxylic acids is 1. The lowest BCUT2D eigenvalue weighted by molar-refractivity contribution is 0.0877. The minimum atomic E-state index is -0.276. The fourth-order valence-electron chi connectivity index (χ4n) is 1.41. The summed E-state index contributed by atoms with van der Waals surface area (Å²) in [6.45, 7) is 3.58. The van der Waals surface area contributed by atoms with E-state index in [1.165, 1.54) is 12.1 Å². The van der Waals surface area contributed by atoms with Crippen LogP contribution in [0, 0.1) is 12.7 Å². The van der Waals surface area contributed by atoms with Crippen LogP contribution >= 0.6 is 0 Å². The van der Waals surface area contributed by atoms with E-state index < -0.39 is 0 Å². The van der Waals surface area contributed by atoms with Crippen molar-refractivity contribution in [1.82, 2.24) is 0 Å². The third kappa shape index (κ3) is 3.42. The van der Waals surface area contributed by atoms with E-state index in [-0.39, 0.29) is 17.7 Å². The Morgan fingerprint density at radius 3 is 2.75 bits per heavy atom. The van der Waals surface area contributed by atoms with Gasteiger partial charge in [0.1, 0.15) is 5.82 Å². The molecular weight excluding hydrogens is 207 g/mol. The van der Waals surface area contributed by atoms with Crippen LogP contribution in [0.4, 0.5) is 4.39 Å². The first-order chi connectivity index (χ1) is 7.54. The lowest BCUT2D eigenvalue weighted by Crippen LogP contribution is -2.08. The number of hydrogen-bond donors (Lipinski definition) is 0. The van der Waals surface area contributed by atoms with Crippen molar-refractivity contribution in [2.45, 2.75) is 32.8 Å². The van der Waals surface area contributed by atoms with Crippen molar-refractivity contribution in [1.29, 1.82) is 0 Å². The first-order valence-electron chi connectivity index (χ1n) is 5.36. The Labute approximate surface area is 95.4 Å². The van der Waals surface area contributed by atoms with Crippen molar-refractivity contribution in [3.8, 4) is 0 Å². The molecule has 2 nitrogen and oxygen atoms in total. The summed E-state index contributed by atoms with van der Waals surface area (Å²) in [5.74, 6) is -0.242. The predicted octanol–water partition coefficient (Wildman–Crippen LogP) is 3.13. The van der Waals surface area contributed by atoms with E-state index in [0.29, 0.717) is 24.0 Å². The van der Waals surface area contributed by atoms with Crippen molar-refractivity contribution >= 4 is 5.78 Å². The van der Waals surface area contributed by atoms with Gasteiger partial charge in [-0.1, -0.05) is 0 Å². The monoisotopic (exact) mass is 224 g/mol. The van der Waals surface area contributed by atoms with E-state index in [4.69, 9.17) is 4.74 Å². The van der Waals surface area contributed by atoms with Crippen molar-refractivity contribution in [3.63, 3.8) is 0 Å². The highest BCUT2D eigenvalue weighted by molar-refractivity contribution is 5.96. The van der Waals surface area contributed by atoms with Gasteiger partial charge in [0.25, 0.3) is 0 Å². The number of aryl methyl sites for hydroxylation is 1. The lowest BCUT2D eigenvalue weighted by atomic mass is 10.0. The maximum absolute atomic E-state index is 13.0. The number of Topliss-reactive ketones (excluding diaryl/α,β-unsaturated/α-hetero) is 1. The Hall–Kier alpha value is -1.22. The number of ether oxygens (including phenoxy) is 1. The Morgan fingerprint density at radius 2 is 2.19 bits per heavy atom. The van der Waals surface area contributed by atoms with Crippen LogP contribution in [0.5, 0.6) is 0 Å². The third-order valence-corrected chi connectivity index (χ3v) is 2.66. The fraction of sp³-hybridized carbons (Fsp3) is 0.462. The molecule has 0 bridgehead atoms. The van der Waals surface area contributed by atoms with Crippen LogP contribution in [0.25, 0.3) is 0 Å². The van der Waals surface area contributed by atoms with Gasteiger partial charge >= 0.3 is 0 Å². The number of hydrogen-bond acceptors (Lipinski definition) is 2. The zero-order valence-corrected chi connectivity index (χ0v) is 9.92. The van der Waals surface area contributed by atoms with Gasteiger partial charge < -0.3 is 4.74 Å². The van der Waals surface area contributed by atoms with Crippen LogP contribution in [0.3, 0.4) is 0 Å². The minimum Gasteiger partial charge on any atom is -0.382 e. The quantitative estimate of drug-likeness (QED) is 0.718. The Kier molecular flexibility index (Phi) is 4.62. The molecule has 1 atom stereocenters. The molecule has 0 radical (unpaired) electrons. The molecule has 0 fully saturated rings. The van der Waals surface area contributed by atoms with Gasteiger partial charge in [-0.05, 0) is 44.0 Å². The number of rotatable bonds is 5. The fourth-order valence-corrected chi connectivity index (χ4v) is 1.41. The molecule has 1 rings (SSSR count). The van der Waals surface area contributed by atoms with E-state index in [1.807, 2.05) is 6.92 Å². The van der Waals surface area contributed by atoms with E-state index in [2.05, 4.69) is 0 Å². The third-order valence-electron chi connectivity index (χ3n) is 2.66. The van der Waals surface area contributed by atoms with Crippen LogP contribution in [-0.4, -0.2) is 19.0 Å². The van der Waals surface area contributed by atoms with Gasteiger partial charge in [0.15, 0.2) is 5.78 Å². The highest BCUT2D eigenvalue weighted by Crippen LogP contribution is 2.13. The van der Waals surface area contributed by atoms with E-state index in [1.54, 1.807) is 20.1 Å². The average molecular weight is 224 g/mol. The van der Waals surface area contributed by atoms with Crippen molar-refractivity contribution < 1.29 is 13.9 Å². The maximum Gasteiger partial charge on any atom is 0.162 e. The second-order valence-electron chi connectivity index (χ2n) is 3.97. The second-order valence-corrected chi connectivity index (χ2v) is 3.97. The van der Waals surface area contributed by atoms with Crippen LogP contribution in [0.15, 0.2) is 18.2 Å². The number of methoxy groups -OCH3 is 1. The van der Waals surface area contributed by atoms with Crippen molar-refractivity contribution in [2.75, 3.05) is 7.11 Å². The van der Waals surface area contributed by atoms with E-state index in [0.717, 1.165) is 0 Å². The average Bonchev–Trinajstić information content (AvgIpc) is 2.29. The Bertz CT molecular complexity index is 374. The van der Waals surface area contributed by atoms with Crippen molar-refractivity contribution in [3.05, 3.63) is 35.1 Å². The molecule has 0 spiro atoms. The van der Waals surface area contributed by atoms with Crippen LogP contribution < -0.4 is 0 Å². The molecule has 0 aliphatic heterocycles. The first kappa shape index (κ1) is 12.8. The highest BCUT2D eigenvalue weighted by atomic mass is 19.1. The molecule has 1 unspecified atom stereocenters. The van der Waals surface area contributed by atoms with Gasteiger partial charge in [-0.25, -0.2) is 4.39 Å². The van der Waals surface area contributed by atoms with Crippen LogP contribution in [0.1, 0.15) is 35.7 Å². The zero-order valence-electron chi connectivity index (χ0n) is 9.92. The summed E-state index contributed by atoms with van der Waals surface area (Å²) in [6, 6.07) is 4.46. The topological polar surface area (TPSA) is 26.3 Å². The molecule has 1 aromatic carbocycles. The molecule has 0 saturated heterocycles. The smallest absolute Gasteiger partial charge is 0.162 e. The molecule has 3 heteroatoms. The summed E-state index contributed by atoms with van der Waals surface area (Å²) in [6.07, 6.45) is 1.19. The van der Waals surface area contributed by atoms with Gasteiger partial charge in [-0.3, -0.25) is 4.79 Å². The largest absolute Gasteiger partial charge is 0.382 e. The summed E-state index contributed by atoms with van der Waals surface area (Å²) >= 11 is 0. The summed E-state index contributed by atoms with van der Waals surface area (Å²) in [7, 11) is 1.62. The second kappa shape index (κ2) is 5.75. The van der Waals surface area contributed by atoms with Gasteiger partial charge in [-0.2, -0.15) is 0 Å². The molecule has 0 amide bonds. The zero-order chi connectivity index (χ0) is 12.1. The predicted molar refractivity (Wildman–Crippen MR) is 61.2 cm³/mol. The van der Waals surface area contributed by atoms with Crippen molar-refractivity contribution in [2.24, 2.45) is 0 Å². The van der Waals surface area contributed by atoms with E-state index >= 15 is 0 Å². The molecular formula is C13H17FO2. The number of ketones is 1. The molecule has 16 heavy (non-hydrogen) atoms. The summed E-state index contributed by atoms with van der Waals surface area (Å²) in [5, 5.41) is 0. The molecule has 0 saturated carbocycles. The summed E-state index contributed by atoms with van der Waals surface area (Å²) in [4.78, 5) is 11.8. The lowest BCUT2D eigenvalue weighted by Gasteiger charge is -2.08. The molecule has 0 aromatic heterocycles. The van der Waals surface area contributed by atoms with Gasteiger partial charge in [0.05, 0.1) is 6.10 Å². The maximum atomic E-state index is 13.0. The molecule has 1 aromatic rings. The normalized spacial score (nSPS) is 12.5. The molecule has 0 N–H and O–H groups in total. The minimum absolute atomic E-state index is 0.0343. The Balaban J connectivity index is 2.63. The highest BCUT2D eigenvalue weighted by Gasteiger charge is 2.09. The summed E-state index contributed by atoms with van der Waals surface area (Å²) < 4.78 is 18.1. The van der Waals surface area contributed by atoms with Crippen LogP contribution in [-0.2, 0) is 4.74 Å². The van der Waals surface area contributed by atoms with Crippen LogP contribution in [0.2, 0.25) is 0 Å². The van der Waals surface area contributed by atoms with Gasteiger partial charge in [-0.15, -0.1) is 0 Å². The Morgan fingerprint density at radius 1 is 1.50 bits per heavy atom. The molecule has 88 valence electrons. The van der Waals surface area contributed by atoms with E-state index in [9.17, 15) is 9.18 Å². The first-order valence-corrected chi connectivity index (χ1v) is 5.36. The number of carbonyl (C=O) groups is 1. The standard InChI is InChI=1S/C13H17FO2/c1-9-8-11(5-6-12(9)14)13(15)7-4-10(2)16-3/h5-6,8,10H,4,7H2,1-3H3. The van der Waals surface area contributed by atoms with Gasteiger partial charge in [0, 0.05) is 19.1 Å². The SMILES string of the molecule is COC(C)CCC(=O)c1ccc(F)c(C)c1.